The number of nitrogens with zero attached hydrogens (tertiary/aromatic N) is 1. The van der Waals surface area contributed by atoms with Crippen LogP contribution in [0.2, 0.25) is 0 Å². The second-order valence-corrected chi connectivity index (χ2v) is 5.38. The molecular formula is C16H16FN3O2. The van der Waals surface area contributed by atoms with Crippen LogP contribution in [0.25, 0.3) is 0 Å². The predicted molar refractivity (Wildman–Crippen MR) is 80.8 cm³/mol. The van der Waals surface area contributed by atoms with Crippen LogP contribution in [0.15, 0.2) is 30.5 Å². The second kappa shape index (κ2) is 5.55. The van der Waals surface area contributed by atoms with Crippen LogP contribution < -0.4 is 10.6 Å². The molecule has 2 N–H and O–H groups in total. The van der Waals surface area contributed by atoms with Crippen molar-refractivity contribution in [2.75, 3.05) is 30.5 Å². The predicted octanol–water partition coefficient (Wildman–Crippen LogP) is 2.98. The Labute approximate surface area is 127 Å². The third kappa shape index (κ3) is 2.51. The molecule has 0 radical (unpaired) electrons. The van der Waals surface area contributed by atoms with E-state index in [1.807, 2.05) is 18.2 Å². The van der Waals surface area contributed by atoms with E-state index in [9.17, 15) is 4.39 Å². The highest BCUT2D eigenvalue weighted by Gasteiger charge is 2.20. The molecule has 1 saturated heterocycles. The lowest BCUT2D eigenvalue weighted by molar-refractivity contribution is -0.0901. The first-order valence-electron chi connectivity index (χ1n) is 7.28. The molecule has 1 unspecified atom stereocenters. The van der Waals surface area contributed by atoms with E-state index in [0.717, 1.165) is 22.5 Å². The molecule has 3 heterocycles. The van der Waals surface area contributed by atoms with Gasteiger partial charge in [0.1, 0.15) is 17.7 Å². The van der Waals surface area contributed by atoms with Crippen LogP contribution in [0.5, 0.6) is 0 Å². The zero-order chi connectivity index (χ0) is 14.9. The molecule has 2 aliphatic heterocycles. The van der Waals surface area contributed by atoms with Gasteiger partial charge < -0.3 is 20.1 Å². The van der Waals surface area contributed by atoms with Crippen molar-refractivity contribution in [3.8, 4) is 0 Å². The van der Waals surface area contributed by atoms with E-state index in [4.69, 9.17) is 9.47 Å². The Hall–Kier alpha value is -2.18. The first-order chi connectivity index (χ1) is 10.8. The lowest BCUT2D eigenvalue weighted by Crippen LogP contribution is -2.22. The van der Waals surface area contributed by atoms with E-state index in [1.165, 1.54) is 12.3 Å². The number of nitrogens with one attached hydrogen (secondary N) is 2. The average molecular weight is 301 g/mol. The topological polar surface area (TPSA) is 55.4 Å². The van der Waals surface area contributed by atoms with Crippen LogP contribution in [-0.2, 0) is 16.0 Å². The first-order valence-corrected chi connectivity index (χ1v) is 7.28. The van der Waals surface area contributed by atoms with E-state index >= 15 is 0 Å². The molecule has 1 atom stereocenters. The maximum absolute atomic E-state index is 13.3. The molecule has 2 aromatic rings. The fraction of sp³-hybridized carbons (Fsp3) is 0.312. The molecule has 114 valence electrons. The summed E-state index contributed by atoms with van der Waals surface area (Å²) in [7, 11) is 0. The Morgan fingerprint density at radius 2 is 2.14 bits per heavy atom. The number of halogens is 1. The standard InChI is InChI=1S/C16H16FN3O2/c17-12-5-11-7-18-14-6-10(15-9-21-3-4-22-15)1-2-13(14)20-16(11)19-8-12/h1-2,5-6,8,15,18H,3-4,7,9H2,(H,19,20). The molecule has 1 fully saturated rings. The molecule has 0 spiro atoms. The summed E-state index contributed by atoms with van der Waals surface area (Å²) < 4.78 is 24.5. The SMILES string of the molecule is Fc1cnc2c(c1)CNc1cc(C3COCCO3)ccc1N2. The van der Waals surface area contributed by atoms with Gasteiger partial charge in [0.25, 0.3) is 0 Å². The maximum Gasteiger partial charge on any atom is 0.141 e. The number of hydrogen-bond acceptors (Lipinski definition) is 5. The van der Waals surface area contributed by atoms with Gasteiger partial charge in [0.2, 0.25) is 0 Å². The molecule has 22 heavy (non-hydrogen) atoms. The van der Waals surface area contributed by atoms with Crippen molar-refractivity contribution >= 4 is 17.2 Å². The molecule has 0 aliphatic carbocycles. The lowest BCUT2D eigenvalue weighted by atomic mass is 10.1. The van der Waals surface area contributed by atoms with E-state index in [1.54, 1.807) is 0 Å². The molecule has 1 aromatic heterocycles. The maximum atomic E-state index is 13.3. The minimum atomic E-state index is -0.332. The molecule has 5 nitrogen and oxygen atoms in total. The van der Waals surface area contributed by atoms with Gasteiger partial charge in [-0.15, -0.1) is 0 Å². The highest BCUT2D eigenvalue weighted by atomic mass is 19.1. The van der Waals surface area contributed by atoms with E-state index in [2.05, 4.69) is 15.6 Å². The van der Waals surface area contributed by atoms with Crippen LogP contribution in [0.3, 0.4) is 0 Å². The van der Waals surface area contributed by atoms with Crippen molar-refractivity contribution in [2.24, 2.45) is 0 Å². The molecule has 4 rings (SSSR count). The Morgan fingerprint density at radius 1 is 1.18 bits per heavy atom. The van der Waals surface area contributed by atoms with Crippen molar-refractivity contribution in [1.29, 1.82) is 0 Å². The van der Waals surface area contributed by atoms with Gasteiger partial charge in [0.05, 0.1) is 37.4 Å². The number of hydrogen-bond donors (Lipinski definition) is 2. The van der Waals surface area contributed by atoms with Crippen molar-refractivity contribution in [3.05, 3.63) is 47.4 Å². The fourth-order valence-electron chi connectivity index (χ4n) is 2.74. The zero-order valence-corrected chi connectivity index (χ0v) is 11.9. The molecule has 0 bridgehead atoms. The normalized spacial score (nSPS) is 20.1. The molecule has 6 heteroatoms. The van der Waals surface area contributed by atoms with Crippen molar-refractivity contribution in [2.45, 2.75) is 12.6 Å². The minimum absolute atomic E-state index is 0.0398. The van der Waals surface area contributed by atoms with Crippen LogP contribution in [0.4, 0.5) is 21.6 Å². The number of fused-ring (bicyclic) bond motifs is 2. The smallest absolute Gasteiger partial charge is 0.141 e. The summed E-state index contributed by atoms with van der Waals surface area (Å²) in [6, 6.07) is 7.54. The van der Waals surface area contributed by atoms with Crippen LogP contribution in [-0.4, -0.2) is 24.8 Å². The summed E-state index contributed by atoms with van der Waals surface area (Å²) in [6.07, 6.45) is 1.18. The molecule has 0 amide bonds. The molecule has 1 aromatic carbocycles. The van der Waals surface area contributed by atoms with Gasteiger partial charge in [-0.05, 0) is 23.8 Å². The third-order valence-corrected chi connectivity index (χ3v) is 3.89. The highest BCUT2D eigenvalue weighted by molar-refractivity contribution is 5.77. The van der Waals surface area contributed by atoms with Crippen molar-refractivity contribution < 1.29 is 13.9 Å². The summed E-state index contributed by atoms with van der Waals surface area (Å²) in [5.74, 6) is 0.347. The Balaban J connectivity index is 1.64. The fourth-order valence-corrected chi connectivity index (χ4v) is 2.74. The number of benzene rings is 1. The van der Waals surface area contributed by atoms with Gasteiger partial charge in [0, 0.05) is 12.1 Å². The zero-order valence-electron chi connectivity index (χ0n) is 11.9. The largest absolute Gasteiger partial charge is 0.379 e. The summed E-state index contributed by atoms with van der Waals surface area (Å²) >= 11 is 0. The summed E-state index contributed by atoms with van der Waals surface area (Å²) in [4.78, 5) is 4.12. The van der Waals surface area contributed by atoms with Gasteiger partial charge >= 0.3 is 0 Å². The summed E-state index contributed by atoms with van der Waals surface area (Å²) in [5.41, 5.74) is 3.73. The number of ether oxygens (including phenoxy) is 2. The quantitative estimate of drug-likeness (QED) is 0.848. The van der Waals surface area contributed by atoms with Crippen LogP contribution in [0, 0.1) is 5.82 Å². The van der Waals surface area contributed by atoms with E-state index in [0.29, 0.717) is 32.2 Å². The Morgan fingerprint density at radius 3 is 3.00 bits per heavy atom. The third-order valence-electron chi connectivity index (χ3n) is 3.89. The van der Waals surface area contributed by atoms with Gasteiger partial charge in [-0.3, -0.25) is 0 Å². The molecule has 2 aliphatic rings. The first kappa shape index (κ1) is 13.5. The van der Waals surface area contributed by atoms with E-state index < -0.39 is 0 Å². The number of pyridine rings is 1. The highest BCUT2D eigenvalue weighted by Crippen LogP contribution is 2.34. The molecule has 0 saturated carbocycles. The number of anilines is 3. The number of aromatic nitrogens is 1. The molecular weight excluding hydrogens is 285 g/mol. The van der Waals surface area contributed by atoms with Crippen molar-refractivity contribution in [1.82, 2.24) is 4.98 Å². The second-order valence-electron chi connectivity index (χ2n) is 5.38. The van der Waals surface area contributed by atoms with E-state index in [-0.39, 0.29) is 11.9 Å². The summed E-state index contributed by atoms with van der Waals surface area (Å²) in [5, 5.41) is 6.57. The van der Waals surface area contributed by atoms with Crippen molar-refractivity contribution in [3.63, 3.8) is 0 Å². The Bertz CT molecular complexity index is 702. The minimum Gasteiger partial charge on any atom is -0.379 e. The van der Waals surface area contributed by atoms with Crippen LogP contribution in [0.1, 0.15) is 17.2 Å². The van der Waals surface area contributed by atoms with Gasteiger partial charge in [-0.25, -0.2) is 9.37 Å². The number of rotatable bonds is 1. The lowest BCUT2D eigenvalue weighted by Gasteiger charge is -2.24. The van der Waals surface area contributed by atoms with Gasteiger partial charge in [-0.1, -0.05) is 6.07 Å². The Kier molecular flexibility index (Phi) is 3.40. The monoisotopic (exact) mass is 301 g/mol. The average Bonchev–Trinajstić information content (AvgIpc) is 2.74. The summed E-state index contributed by atoms with van der Waals surface area (Å²) in [6.45, 7) is 2.35. The van der Waals surface area contributed by atoms with Gasteiger partial charge in [0.15, 0.2) is 0 Å². The van der Waals surface area contributed by atoms with Crippen LogP contribution >= 0.6 is 0 Å². The van der Waals surface area contributed by atoms with Gasteiger partial charge in [-0.2, -0.15) is 0 Å².